The molecule has 0 aliphatic carbocycles. The third-order valence-corrected chi connectivity index (χ3v) is 4.26. The topological polar surface area (TPSA) is 77.5 Å². The van der Waals surface area contributed by atoms with E-state index < -0.39 is 33.5 Å². The highest BCUT2D eigenvalue weighted by Crippen LogP contribution is 2.12. The van der Waals surface area contributed by atoms with Gasteiger partial charge in [-0.3, -0.25) is 4.79 Å². The van der Waals surface area contributed by atoms with E-state index in [-0.39, 0.29) is 16.9 Å². The summed E-state index contributed by atoms with van der Waals surface area (Å²) in [4.78, 5) is 24.3. The van der Waals surface area contributed by atoms with Crippen molar-refractivity contribution >= 4 is 21.6 Å². The molecule has 0 aliphatic heterocycles. The predicted molar refractivity (Wildman–Crippen MR) is 90.6 cm³/mol. The number of halogens is 1. The van der Waals surface area contributed by atoms with Gasteiger partial charge < -0.3 is 4.74 Å². The van der Waals surface area contributed by atoms with E-state index >= 15 is 0 Å². The molecule has 0 amide bonds. The van der Waals surface area contributed by atoms with Gasteiger partial charge in [-0.2, -0.15) is 0 Å². The summed E-state index contributed by atoms with van der Waals surface area (Å²) in [5.41, 5.74) is 0.996. The van der Waals surface area contributed by atoms with Crippen molar-refractivity contribution in [2.45, 2.75) is 18.8 Å². The Morgan fingerprint density at radius 1 is 1.00 bits per heavy atom. The van der Waals surface area contributed by atoms with E-state index in [0.29, 0.717) is 5.56 Å². The Labute approximate surface area is 145 Å². The monoisotopic (exact) mass is 364 g/mol. The van der Waals surface area contributed by atoms with E-state index in [1.807, 2.05) is 0 Å². The molecular weight excluding hydrogens is 347 g/mol. The van der Waals surface area contributed by atoms with Crippen LogP contribution in [0.3, 0.4) is 0 Å². The molecule has 132 valence electrons. The molecule has 1 unspecified atom stereocenters. The molecule has 0 saturated carbocycles. The van der Waals surface area contributed by atoms with Gasteiger partial charge >= 0.3 is 5.97 Å². The van der Waals surface area contributed by atoms with Crippen molar-refractivity contribution in [2.75, 3.05) is 6.26 Å². The highest BCUT2D eigenvalue weighted by molar-refractivity contribution is 7.89. The Hall–Kier alpha value is -2.54. The fourth-order valence-corrected chi connectivity index (χ4v) is 2.97. The van der Waals surface area contributed by atoms with Gasteiger partial charge in [0.05, 0.1) is 11.3 Å². The minimum atomic E-state index is -3.16. The Morgan fingerprint density at radius 2 is 1.52 bits per heavy atom. The molecule has 0 radical (unpaired) electrons. The summed E-state index contributed by atoms with van der Waals surface area (Å²) in [6.45, 7) is 1.43. The molecule has 7 heteroatoms. The average Bonchev–Trinajstić information content (AvgIpc) is 2.54. The highest BCUT2D eigenvalue weighted by atomic mass is 32.2. The van der Waals surface area contributed by atoms with Crippen LogP contribution in [0.5, 0.6) is 0 Å². The van der Waals surface area contributed by atoms with Gasteiger partial charge in [-0.15, -0.1) is 0 Å². The average molecular weight is 364 g/mol. The minimum absolute atomic E-state index is 0.123. The maximum Gasteiger partial charge on any atom is 0.338 e. The van der Waals surface area contributed by atoms with Crippen molar-refractivity contribution in [2.24, 2.45) is 0 Å². The van der Waals surface area contributed by atoms with Gasteiger partial charge in [0.2, 0.25) is 5.78 Å². The number of benzene rings is 2. The van der Waals surface area contributed by atoms with Gasteiger partial charge in [-0.05, 0) is 48.9 Å². The molecule has 0 aromatic heterocycles. The van der Waals surface area contributed by atoms with E-state index in [1.165, 1.54) is 43.3 Å². The van der Waals surface area contributed by atoms with Gasteiger partial charge in [0.1, 0.15) is 5.82 Å². The van der Waals surface area contributed by atoms with Gasteiger partial charge in [-0.25, -0.2) is 17.6 Å². The number of Topliss-reactive ketones (excluding diaryl/α,β-unsaturated/α-hetero) is 1. The maximum absolute atomic E-state index is 12.9. The molecule has 0 heterocycles. The van der Waals surface area contributed by atoms with Crippen LogP contribution in [0.25, 0.3) is 0 Å². The van der Waals surface area contributed by atoms with E-state index in [0.717, 1.165) is 18.4 Å². The van der Waals surface area contributed by atoms with Crippen molar-refractivity contribution in [1.82, 2.24) is 0 Å². The summed E-state index contributed by atoms with van der Waals surface area (Å²) < 4.78 is 40.5. The molecule has 0 bridgehead atoms. The van der Waals surface area contributed by atoms with Crippen molar-refractivity contribution in [3.8, 4) is 0 Å². The van der Waals surface area contributed by atoms with Crippen LogP contribution < -0.4 is 0 Å². The lowest BCUT2D eigenvalue weighted by Crippen LogP contribution is -2.24. The number of ether oxygens (including phenoxy) is 1. The van der Waals surface area contributed by atoms with Gasteiger partial charge in [0, 0.05) is 11.8 Å². The van der Waals surface area contributed by atoms with E-state index in [4.69, 9.17) is 4.74 Å². The number of carbonyl (C=O) groups is 2. The number of carbonyl (C=O) groups excluding carboxylic acids is 2. The van der Waals surface area contributed by atoms with Crippen LogP contribution in [-0.2, 0) is 20.3 Å². The van der Waals surface area contributed by atoms with E-state index in [1.54, 1.807) is 0 Å². The zero-order valence-electron chi connectivity index (χ0n) is 13.7. The molecule has 0 spiro atoms. The highest BCUT2D eigenvalue weighted by Gasteiger charge is 2.20. The Bertz CT molecular complexity index is 871. The molecular formula is C18H17FO5S. The van der Waals surface area contributed by atoms with E-state index in [2.05, 4.69) is 0 Å². The first kappa shape index (κ1) is 18.8. The molecule has 25 heavy (non-hydrogen) atoms. The normalized spacial score (nSPS) is 12.4. The molecule has 0 fully saturated rings. The zero-order valence-corrected chi connectivity index (χ0v) is 14.5. The quantitative estimate of drug-likeness (QED) is 0.582. The SMILES string of the molecule is CC(OC(=O)c1ccc(CS(C)(=O)=O)cc1)C(=O)c1ccc(F)cc1. The molecule has 5 nitrogen and oxygen atoms in total. The number of hydrogen-bond acceptors (Lipinski definition) is 5. The Morgan fingerprint density at radius 3 is 2.04 bits per heavy atom. The first-order chi connectivity index (χ1) is 11.7. The second-order valence-electron chi connectivity index (χ2n) is 5.69. The number of esters is 1. The molecule has 0 N–H and O–H groups in total. The number of sulfone groups is 1. The van der Waals surface area contributed by atoms with Crippen LogP contribution in [0.15, 0.2) is 48.5 Å². The first-order valence-electron chi connectivity index (χ1n) is 7.43. The second kappa shape index (κ2) is 7.57. The summed E-state index contributed by atoms with van der Waals surface area (Å²) in [5, 5.41) is 0. The molecule has 2 aromatic rings. The number of hydrogen-bond donors (Lipinski definition) is 0. The fourth-order valence-electron chi connectivity index (χ4n) is 2.17. The van der Waals surface area contributed by atoms with Crippen LogP contribution in [0.1, 0.15) is 33.2 Å². The molecule has 2 aromatic carbocycles. The molecule has 0 saturated heterocycles. The summed E-state index contributed by atoms with van der Waals surface area (Å²) >= 11 is 0. The smallest absolute Gasteiger partial charge is 0.338 e. The molecule has 2 rings (SSSR count). The van der Waals surface area contributed by atoms with Gasteiger partial charge in [0.25, 0.3) is 0 Å². The van der Waals surface area contributed by atoms with Crippen molar-refractivity contribution in [3.63, 3.8) is 0 Å². The first-order valence-corrected chi connectivity index (χ1v) is 9.49. The van der Waals surface area contributed by atoms with Crippen molar-refractivity contribution in [1.29, 1.82) is 0 Å². The largest absolute Gasteiger partial charge is 0.451 e. The summed E-state index contributed by atoms with van der Waals surface area (Å²) in [6, 6.07) is 10.9. The van der Waals surface area contributed by atoms with Crippen LogP contribution in [0, 0.1) is 5.82 Å². The lowest BCUT2D eigenvalue weighted by molar-refractivity contribution is 0.0319. The van der Waals surface area contributed by atoms with Crippen molar-refractivity contribution in [3.05, 3.63) is 71.0 Å². The lowest BCUT2D eigenvalue weighted by atomic mass is 10.1. The molecule has 0 aliphatic rings. The third-order valence-electron chi connectivity index (χ3n) is 3.40. The minimum Gasteiger partial charge on any atom is -0.451 e. The van der Waals surface area contributed by atoms with Crippen LogP contribution in [0.2, 0.25) is 0 Å². The van der Waals surface area contributed by atoms with Gasteiger partial charge in [0.15, 0.2) is 15.9 Å². The van der Waals surface area contributed by atoms with Gasteiger partial charge in [-0.1, -0.05) is 12.1 Å². The van der Waals surface area contributed by atoms with Crippen LogP contribution in [-0.4, -0.2) is 32.5 Å². The Kier molecular flexibility index (Phi) is 5.69. The third kappa shape index (κ3) is 5.49. The van der Waals surface area contributed by atoms with Crippen LogP contribution in [0.4, 0.5) is 4.39 Å². The Balaban J connectivity index is 2.03. The van der Waals surface area contributed by atoms with Crippen molar-refractivity contribution < 1.29 is 27.1 Å². The maximum atomic E-state index is 12.9. The summed E-state index contributed by atoms with van der Waals surface area (Å²) in [7, 11) is -3.16. The standard InChI is InChI=1S/C18H17FO5S/c1-12(17(20)14-7-9-16(19)10-8-14)24-18(21)15-5-3-13(4-6-15)11-25(2,22)23/h3-10,12H,11H2,1-2H3. The lowest BCUT2D eigenvalue weighted by Gasteiger charge is -2.12. The second-order valence-corrected chi connectivity index (χ2v) is 7.83. The summed E-state index contributed by atoms with van der Waals surface area (Å²) in [6.07, 6.45) is 0.0893. The number of rotatable bonds is 6. The number of ketones is 1. The fraction of sp³-hybridized carbons (Fsp3) is 0.222. The van der Waals surface area contributed by atoms with Crippen LogP contribution >= 0.6 is 0 Å². The molecule has 1 atom stereocenters. The summed E-state index contributed by atoms with van der Waals surface area (Å²) in [5.74, 6) is -1.73. The van der Waals surface area contributed by atoms with E-state index in [9.17, 15) is 22.4 Å². The zero-order chi connectivity index (χ0) is 18.6. The predicted octanol–water partition coefficient (Wildman–Crippen LogP) is 2.80.